The summed E-state index contributed by atoms with van der Waals surface area (Å²) in [6, 6.07) is 10.4. The third-order valence-electron chi connectivity index (χ3n) is 4.72. The van der Waals surface area contributed by atoms with Crippen LogP contribution >= 0.6 is 11.3 Å². The standard InChI is InChI=1S/C19H22N4O2S/c1-22-16-5-3-2-4-14(16)12-17(22)19-21-15(13-26-19)18(24)20-6-7-23-8-10-25-11-9-23/h2-5,12-13H,6-11H2,1H3,(H,20,24). The lowest BCUT2D eigenvalue weighted by Crippen LogP contribution is -2.41. The molecule has 0 radical (unpaired) electrons. The molecule has 26 heavy (non-hydrogen) atoms. The van der Waals surface area contributed by atoms with E-state index >= 15 is 0 Å². The molecule has 0 aliphatic carbocycles. The number of nitrogens with one attached hydrogen (secondary N) is 1. The van der Waals surface area contributed by atoms with E-state index in [9.17, 15) is 4.79 Å². The molecule has 136 valence electrons. The van der Waals surface area contributed by atoms with Crippen LogP contribution < -0.4 is 5.32 Å². The molecule has 1 amide bonds. The highest BCUT2D eigenvalue weighted by Gasteiger charge is 2.16. The van der Waals surface area contributed by atoms with Crippen molar-refractivity contribution in [2.45, 2.75) is 0 Å². The maximum absolute atomic E-state index is 12.4. The Morgan fingerprint density at radius 1 is 1.31 bits per heavy atom. The van der Waals surface area contributed by atoms with Gasteiger partial charge in [-0.2, -0.15) is 0 Å². The molecule has 0 saturated carbocycles. The van der Waals surface area contributed by atoms with Gasteiger partial charge in [0.15, 0.2) is 0 Å². The van der Waals surface area contributed by atoms with Crippen molar-refractivity contribution in [3.8, 4) is 10.7 Å². The van der Waals surface area contributed by atoms with Crippen LogP contribution in [0.4, 0.5) is 0 Å². The number of fused-ring (bicyclic) bond motifs is 1. The summed E-state index contributed by atoms with van der Waals surface area (Å²) in [6.45, 7) is 4.87. The molecule has 4 rings (SSSR count). The van der Waals surface area contributed by atoms with Crippen molar-refractivity contribution in [3.63, 3.8) is 0 Å². The first kappa shape index (κ1) is 17.2. The van der Waals surface area contributed by atoms with Crippen LogP contribution in [0.2, 0.25) is 0 Å². The van der Waals surface area contributed by atoms with Crippen LogP contribution in [0.1, 0.15) is 10.5 Å². The van der Waals surface area contributed by atoms with Crippen LogP contribution in [0, 0.1) is 0 Å². The molecule has 7 heteroatoms. The van der Waals surface area contributed by atoms with Gasteiger partial charge in [0.05, 0.1) is 18.9 Å². The van der Waals surface area contributed by atoms with E-state index in [1.54, 1.807) is 0 Å². The predicted octanol–water partition coefficient (Wildman–Crippen LogP) is 2.36. The molecule has 0 unspecified atom stereocenters. The van der Waals surface area contributed by atoms with Crippen LogP contribution in [0.15, 0.2) is 35.7 Å². The molecular formula is C19H22N4O2S. The van der Waals surface area contributed by atoms with E-state index in [2.05, 4.69) is 38.0 Å². The monoisotopic (exact) mass is 370 g/mol. The maximum atomic E-state index is 12.4. The smallest absolute Gasteiger partial charge is 0.270 e. The summed E-state index contributed by atoms with van der Waals surface area (Å²) in [6.07, 6.45) is 0. The van der Waals surface area contributed by atoms with Gasteiger partial charge in [-0.1, -0.05) is 18.2 Å². The lowest BCUT2D eigenvalue weighted by Gasteiger charge is -2.26. The Bertz CT molecular complexity index is 911. The number of nitrogens with zero attached hydrogens (tertiary/aromatic N) is 3. The summed E-state index contributed by atoms with van der Waals surface area (Å²) < 4.78 is 7.45. The molecule has 1 aliphatic rings. The number of thiazole rings is 1. The average Bonchev–Trinajstić information content (AvgIpc) is 3.28. The average molecular weight is 370 g/mol. The molecule has 0 atom stereocenters. The molecule has 3 heterocycles. The quantitative estimate of drug-likeness (QED) is 0.749. The summed E-state index contributed by atoms with van der Waals surface area (Å²) in [4.78, 5) is 19.2. The van der Waals surface area contributed by atoms with Crippen molar-refractivity contribution in [2.24, 2.45) is 7.05 Å². The Labute approximate surface area is 156 Å². The van der Waals surface area contributed by atoms with Crippen molar-refractivity contribution in [1.29, 1.82) is 0 Å². The second-order valence-electron chi connectivity index (χ2n) is 6.40. The minimum atomic E-state index is -0.112. The number of amides is 1. The van der Waals surface area contributed by atoms with Crippen molar-refractivity contribution in [2.75, 3.05) is 39.4 Å². The molecule has 1 fully saturated rings. The third kappa shape index (κ3) is 3.51. The lowest BCUT2D eigenvalue weighted by atomic mass is 10.2. The zero-order valence-corrected chi connectivity index (χ0v) is 15.6. The van der Waals surface area contributed by atoms with Gasteiger partial charge in [-0.3, -0.25) is 9.69 Å². The number of aromatic nitrogens is 2. The number of carbonyl (C=O) groups is 1. The van der Waals surface area contributed by atoms with E-state index in [1.165, 1.54) is 16.7 Å². The highest BCUT2D eigenvalue weighted by Crippen LogP contribution is 2.29. The van der Waals surface area contributed by atoms with Gasteiger partial charge in [0.1, 0.15) is 10.7 Å². The molecule has 1 N–H and O–H groups in total. The molecule has 1 saturated heterocycles. The molecular weight excluding hydrogens is 348 g/mol. The lowest BCUT2D eigenvalue weighted by molar-refractivity contribution is 0.0383. The Hall–Kier alpha value is -2.22. The summed E-state index contributed by atoms with van der Waals surface area (Å²) in [5.74, 6) is -0.112. The fraction of sp³-hybridized carbons (Fsp3) is 0.368. The SMILES string of the molecule is Cn1c(-c2nc(C(=O)NCCN3CCOCC3)cs2)cc2ccccc21. The molecule has 1 aliphatic heterocycles. The normalized spacial score (nSPS) is 15.4. The zero-order valence-electron chi connectivity index (χ0n) is 14.8. The first-order valence-corrected chi connectivity index (χ1v) is 9.69. The van der Waals surface area contributed by atoms with E-state index in [-0.39, 0.29) is 5.91 Å². The van der Waals surface area contributed by atoms with Crippen molar-refractivity contribution in [3.05, 3.63) is 41.4 Å². The van der Waals surface area contributed by atoms with Crippen LogP contribution in [0.25, 0.3) is 21.6 Å². The number of para-hydroxylation sites is 1. The molecule has 2 aromatic heterocycles. The van der Waals surface area contributed by atoms with Gasteiger partial charge in [-0.15, -0.1) is 11.3 Å². The first-order valence-electron chi connectivity index (χ1n) is 8.81. The molecule has 3 aromatic rings. The van der Waals surface area contributed by atoms with Gasteiger partial charge in [0.2, 0.25) is 0 Å². The molecule has 0 bridgehead atoms. The summed E-state index contributed by atoms with van der Waals surface area (Å²) in [5, 5.41) is 6.84. The number of carbonyl (C=O) groups excluding carboxylic acids is 1. The Morgan fingerprint density at radius 3 is 2.92 bits per heavy atom. The summed E-state index contributed by atoms with van der Waals surface area (Å²) >= 11 is 1.50. The van der Waals surface area contributed by atoms with Gasteiger partial charge in [-0.25, -0.2) is 4.98 Å². The zero-order chi connectivity index (χ0) is 17.9. The van der Waals surface area contributed by atoms with Gasteiger partial charge in [0.25, 0.3) is 5.91 Å². The minimum Gasteiger partial charge on any atom is -0.379 e. The fourth-order valence-corrected chi connectivity index (χ4v) is 4.08. The van der Waals surface area contributed by atoms with Gasteiger partial charge in [0, 0.05) is 49.5 Å². The van der Waals surface area contributed by atoms with Crippen LogP contribution in [0.3, 0.4) is 0 Å². The number of rotatable bonds is 5. The van der Waals surface area contributed by atoms with E-state index in [4.69, 9.17) is 4.74 Å². The first-order chi connectivity index (χ1) is 12.7. The highest BCUT2D eigenvalue weighted by atomic mass is 32.1. The topological polar surface area (TPSA) is 59.4 Å². The van der Waals surface area contributed by atoms with Crippen LogP contribution in [-0.4, -0.2) is 59.8 Å². The van der Waals surface area contributed by atoms with Crippen molar-refractivity contribution < 1.29 is 9.53 Å². The number of morpholine rings is 1. The minimum absolute atomic E-state index is 0.112. The number of ether oxygens (including phenoxy) is 1. The van der Waals surface area contributed by atoms with Gasteiger partial charge in [-0.05, 0) is 12.1 Å². The van der Waals surface area contributed by atoms with E-state index in [0.717, 1.165) is 49.1 Å². The van der Waals surface area contributed by atoms with Crippen LogP contribution in [-0.2, 0) is 11.8 Å². The third-order valence-corrected chi connectivity index (χ3v) is 5.59. The molecule has 0 spiro atoms. The second kappa shape index (κ2) is 7.57. The van der Waals surface area contributed by atoms with Crippen molar-refractivity contribution in [1.82, 2.24) is 19.8 Å². The number of benzene rings is 1. The Kier molecular flexibility index (Phi) is 5.01. The summed E-state index contributed by atoms with van der Waals surface area (Å²) in [7, 11) is 2.03. The second-order valence-corrected chi connectivity index (χ2v) is 7.25. The molecule has 6 nitrogen and oxygen atoms in total. The molecule has 1 aromatic carbocycles. The number of hydrogen-bond donors (Lipinski definition) is 1. The maximum Gasteiger partial charge on any atom is 0.270 e. The van der Waals surface area contributed by atoms with Gasteiger partial charge >= 0.3 is 0 Å². The largest absolute Gasteiger partial charge is 0.379 e. The van der Waals surface area contributed by atoms with Crippen LogP contribution in [0.5, 0.6) is 0 Å². The number of hydrogen-bond acceptors (Lipinski definition) is 5. The van der Waals surface area contributed by atoms with Gasteiger partial charge < -0.3 is 14.6 Å². The number of aryl methyl sites for hydroxylation is 1. The van der Waals surface area contributed by atoms with E-state index in [1.807, 2.05) is 24.6 Å². The Balaban J connectivity index is 1.41. The fourth-order valence-electron chi connectivity index (χ4n) is 3.23. The van der Waals surface area contributed by atoms with Crippen molar-refractivity contribution >= 4 is 28.1 Å². The Morgan fingerprint density at radius 2 is 2.12 bits per heavy atom. The summed E-state index contributed by atoms with van der Waals surface area (Å²) in [5.41, 5.74) is 2.68. The predicted molar refractivity (Wildman–Crippen MR) is 104 cm³/mol. The van der Waals surface area contributed by atoms with E-state index in [0.29, 0.717) is 12.2 Å². The van der Waals surface area contributed by atoms with E-state index < -0.39 is 0 Å². The highest BCUT2D eigenvalue weighted by molar-refractivity contribution is 7.13.